The van der Waals surface area contributed by atoms with Gasteiger partial charge in [0.25, 0.3) is 0 Å². The highest BCUT2D eigenvalue weighted by Gasteiger charge is 2.17. The van der Waals surface area contributed by atoms with Crippen molar-refractivity contribution in [3.8, 4) is 34.2 Å². The van der Waals surface area contributed by atoms with Crippen LogP contribution in [0.2, 0.25) is 0 Å². The number of hydrogen-bond acceptors (Lipinski definition) is 5. The SMILES string of the molecule is [2H]c1c([2H])c([2H])c2c(sc3c(-c4nc(-c5ccccc5)nc(-c5ccc6c(c5)oc5ccccc56)n4)c([2H])c([2H])c([2H])c32)c1[2H]. The van der Waals surface area contributed by atoms with E-state index in [1.54, 1.807) is 0 Å². The van der Waals surface area contributed by atoms with Crippen LogP contribution in [0.5, 0.6) is 0 Å². The summed E-state index contributed by atoms with van der Waals surface area (Å²) >= 11 is 1.04. The van der Waals surface area contributed by atoms with Crippen LogP contribution in [0.25, 0.3) is 76.3 Å². The molecule has 0 unspecified atom stereocenters. The highest BCUT2D eigenvalue weighted by atomic mass is 32.1. The van der Waals surface area contributed by atoms with E-state index in [9.17, 15) is 0 Å². The summed E-state index contributed by atoms with van der Waals surface area (Å²) < 4.78 is 66.6. The molecule has 0 radical (unpaired) electrons. The zero-order valence-electron chi connectivity index (χ0n) is 26.6. The van der Waals surface area contributed by atoms with E-state index in [1.807, 2.05) is 72.8 Å². The Labute approximate surface area is 231 Å². The molecule has 0 spiro atoms. The molecule has 8 aromatic rings. The van der Waals surface area contributed by atoms with Crippen LogP contribution in [-0.4, -0.2) is 15.0 Å². The van der Waals surface area contributed by atoms with Crippen molar-refractivity contribution < 1.29 is 14.0 Å². The molecule has 5 heteroatoms. The zero-order valence-corrected chi connectivity index (χ0v) is 20.4. The van der Waals surface area contributed by atoms with E-state index in [0.717, 1.165) is 27.7 Å². The summed E-state index contributed by atoms with van der Waals surface area (Å²) in [5.41, 5.74) is 2.91. The summed E-state index contributed by atoms with van der Waals surface area (Å²) in [5.74, 6) is 0.731. The summed E-state index contributed by atoms with van der Waals surface area (Å²) in [5, 5.41) is 2.25. The lowest BCUT2D eigenvalue weighted by Crippen LogP contribution is -2.00. The van der Waals surface area contributed by atoms with Crippen molar-refractivity contribution >= 4 is 53.4 Å². The molecule has 0 saturated heterocycles. The maximum atomic E-state index is 8.96. The highest BCUT2D eigenvalue weighted by Crippen LogP contribution is 2.39. The van der Waals surface area contributed by atoms with E-state index >= 15 is 0 Å². The molecule has 0 amide bonds. The molecule has 38 heavy (non-hydrogen) atoms. The Bertz CT molecular complexity index is 2530. The van der Waals surface area contributed by atoms with Crippen LogP contribution < -0.4 is 0 Å². The fourth-order valence-electron chi connectivity index (χ4n) is 4.68. The summed E-state index contributed by atoms with van der Waals surface area (Å²) in [6.07, 6.45) is 0. The Hall–Kier alpha value is -4.87. The first-order valence-electron chi connectivity index (χ1n) is 15.4. The molecule has 0 saturated carbocycles. The Morgan fingerprint density at radius 1 is 0.579 bits per heavy atom. The predicted molar refractivity (Wildman–Crippen MR) is 156 cm³/mol. The van der Waals surface area contributed by atoms with Crippen molar-refractivity contribution in [3.63, 3.8) is 0 Å². The maximum Gasteiger partial charge on any atom is 0.165 e. The molecule has 0 aliphatic rings. The van der Waals surface area contributed by atoms with Gasteiger partial charge in [-0.3, -0.25) is 0 Å². The number of aromatic nitrogens is 3. The first-order chi connectivity index (χ1) is 21.7. The van der Waals surface area contributed by atoms with Gasteiger partial charge in [-0.25, -0.2) is 15.0 Å². The second kappa shape index (κ2) is 8.33. The van der Waals surface area contributed by atoms with Gasteiger partial charge in [0.05, 0.1) is 9.60 Å². The lowest BCUT2D eigenvalue weighted by molar-refractivity contribution is 0.669. The van der Waals surface area contributed by atoms with Gasteiger partial charge in [-0.1, -0.05) is 84.8 Å². The summed E-state index contributed by atoms with van der Waals surface area (Å²) in [7, 11) is 0. The largest absolute Gasteiger partial charge is 0.456 e. The summed E-state index contributed by atoms with van der Waals surface area (Å²) in [4.78, 5) is 14.3. The van der Waals surface area contributed by atoms with Gasteiger partial charge in [-0.15, -0.1) is 11.3 Å². The molecule has 0 aliphatic heterocycles. The van der Waals surface area contributed by atoms with Gasteiger partial charge in [0.15, 0.2) is 17.5 Å². The molecule has 3 heterocycles. The Balaban J connectivity index is 1.45. The predicted octanol–water partition coefficient (Wildman–Crippen LogP) is 9.14. The second-order valence-corrected chi connectivity index (χ2v) is 9.76. The minimum Gasteiger partial charge on any atom is -0.456 e. The number of benzene rings is 5. The Morgan fingerprint density at radius 2 is 1.32 bits per heavy atom. The van der Waals surface area contributed by atoms with Crippen molar-refractivity contribution in [2.75, 3.05) is 0 Å². The fraction of sp³-hybridized carbons (Fsp3) is 0. The maximum absolute atomic E-state index is 8.96. The average Bonchev–Trinajstić information content (AvgIpc) is 3.65. The molecule has 0 aliphatic carbocycles. The molecule has 0 N–H and O–H groups in total. The van der Waals surface area contributed by atoms with Gasteiger partial charge in [-0.2, -0.15) is 0 Å². The average molecular weight is 513 g/mol. The molecule has 0 fully saturated rings. The van der Waals surface area contributed by atoms with E-state index in [2.05, 4.69) is 0 Å². The number of thiophene rings is 1. The lowest BCUT2D eigenvalue weighted by Gasteiger charge is -2.09. The molecule has 8 rings (SSSR count). The second-order valence-electron chi connectivity index (χ2n) is 8.74. The van der Waals surface area contributed by atoms with Crippen LogP contribution in [0, 0.1) is 0 Å². The number of nitrogens with zero attached hydrogens (tertiary/aromatic N) is 3. The van der Waals surface area contributed by atoms with Crippen molar-refractivity contribution in [2.24, 2.45) is 0 Å². The highest BCUT2D eigenvalue weighted by molar-refractivity contribution is 7.26. The number of furan rings is 1. The summed E-state index contributed by atoms with van der Waals surface area (Å²) in [6, 6.07) is 20.4. The van der Waals surface area contributed by atoms with Gasteiger partial charge in [0.2, 0.25) is 0 Å². The Kier molecular flexibility index (Phi) is 3.38. The smallest absolute Gasteiger partial charge is 0.165 e. The first kappa shape index (κ1) is 15.4. The molecule has 4 nitrogen and oxygen atoms in total. The lowest BCUT2D eigenvalue weighted by atomic mass is 10.1. The van der Waals surface area contributed by atoms with Gasteiger partial charge in [0, 0.05) is 47.6 Å². The topological polar surface area (TPSA) is 51.8 Å². The van der Waals surface area contributed by atoms with E-state index in [-0.39, 0.29) is 57.1 Å². The van der Waals surface area contributed by atoms with Crippen molar-refractivity contribution in [1.29, 1.82) is 0 Å². The van der Waals surface area contributed by atoms with Crippen LogP contribution in [0.15, 0.2) is 120 Å². The molecule has 0 atom stereocenters. The van der Waals surface area contributed by atoms with Crippen LogP contribution in [0.4, 0.5) is 0 Å². The standard InChI is InChI=1S/C33H19N3OS/c1-2-9-20(10-3-1)31-34-32(21-17-18-23-22-11-4-6-15-27(22)37-28(23)19-21)36-33(35-31)26-14-8-13-25-24-12-5-7-16-29(24)38-30(25)26/h1-19H/i5D,7D,8D,12D,13D,14D,16D. The minimum atomic E-state index is -0.426. The third-order valence-corrected chi connectivity index (χ3v) is 7.59. The van der Waals surface area contributed by atoms with Crippen LogP contribution in [0.3, 0.4) is 0 Å². The van der Waals surface area contributed by atoms with E-state index in [4.69, 9.17) is 29.0 Å². The van der Waals surface area contributed by atoms with E-state index < -0.39 is 12.1 Å². The fourth-order valence-corrected chi connectivity index (χ4v) is 5.75. The molecular formula is C33H19N3OS. The summed E-state index contributed by atoms with van der Waals surface area (Å²) in [6.45, 7) is 0. The molecular weight excluding hydrogens is 486 g/mol. The number of fused-ring (bicyclic) bond motifs is 6. The molecule has 3 aromatic heterocycles. The normalized spacial score (nSPS) is 14.3. The van der Waals surface area contributed by atoms with Crippen LogP contribution >= 0.6 is 11.3 Å². The van der Waals surface area contributed by atoms with Crippen molar-refractivity contribution in [1.82, 2.24) is 15.0 Å². The van der Waals surface area contributed by atoms with Crippen LogP contribution in [-0.2, 0) is 0 Å². The third kappa shape index (κ3) is 3.33. The molecule has 5 aromatic carbocycles. The van der Waals surface area contributed by atoms with Gasteiger partial charge in [0.1, 0.15) is 11.2 Å². The number of para-hydroxylation sites is 1. The third-order valence-electron chi connectivity index (χ3n) is 6.46. The number of hydrogen-bond donors (Lipinski definition) is 0. The van der Waals surface area contributed by atoms with E-state index in [0.29, 0.717) is 33.1 Å². The molecule has 0 bridgehead atoms. The molecule has 178 valence electrons. The zero-order chi connectivity index (χ0) is 31.1. The van der Waals surface area contributed by atoms with Crippen LogP contribution in [0.1, 0.15) is 9.60 Å². The van der Waals surface area contributed by atoms with E-state index in [1.165, 1.54) is 0 Å². The number of rotatable bonds is 3. The first-order valence-corrected chi connectivity index (χ1v) is 12.7. The van der Waals surface area contributed by atoms with Gasteiger partial charge < -0.3 is 4.42 Å². The minimum absolute atomic E-state index is 0.0915. The Morgan fingerprint density at radius 3 is 2.24 bits per heavy atom. The van der Waals surface area contributed by atoms with Gasteiger partial charge >= 0.3 is 0 Å². The monoisotopic (exact) mass is 512 g/mol. The van der Waals surface area contributed by atoms with Crippen molar-refractivity contribution in [3.05, 3.63) is 115 Å². The van der Waals surface area contributed by atoms with Gasteiger partial charge in [-0.05, 0) is 30.3 Å². The quantitative estimate of drug-likeness (QED) is 0.237. The van der Waals surface area contributed by atoms with Crippen molar-refractivity contribution in [2.45, 2.75) is 0 Å².